The first-order valence-electron chi connectivity index (χ1n) is 5.81. The van der Waals surface area contributed by atoms with Crippen LogP contribution in [0.15, 0.2) is 28.9 Å². The molecule has 0 aliphatic heterocycles. The predicted octanol–water partition coefficient (Wildman–Crippen LogP) is 4.56. The van der Waals surface area contributed by atoms with E-state index in [1.165, 1.54) is 12.3 Å². The first-order chi connectivity index (χ1) is 9.38. The quantitative estimate of drug-likeness (QED) is 0.847. The van der Waals surface area contributed by atoms with Crippen LogP contribution in [0.5, 0.6) is 0 Å². The SMILES string of the molecule is Cc1cc(Nc2cc(C(=O)O)c(Cl)cn2)cc(C)c1Br. The van der Waals surface area contributed by atoms with E-state index in [1.807, 2.05) is 26.0 Å². The lowest BCUT2D eigenvalue weighted by Gasteiger charge is -2.10. The fourth-order valence-corrected chi connectivity index (χ4v) is 2.25. The van der Waals surface area contributed by atoms with Crippen molar-refractivity contribution in [2.45, 2.75) is 13.8 Å². The van der Waals surface area contributed by atoms with Crippen molar-refractivity contribution >= 4 is 45.0 Å². The zero-order valence-electron chi connectivity index (χ0n) is 10.9. The number of rotatable bonds is 3. The van der Waals surface area contributed by atoms with E-state index >= 15 is 0 Å². The molecule has 20 heavy (non-hydrogen) atoms. The van der Waals surface area contributed by atoms with Gasteiger partial charge in [-0.05, 0) is 43.2 Å². The molecule has 2 N–H and O–H groups in total. The summed E-state index contributed by atoms with van der Waals surface area (Å²) in [5.74, 6) is -0.642. The van der Waals surface area contributed by atoms with Crippen LogP contribution in [0, 0.1) is 13.8 Å². The number of benzene rings is 1. The van der Waals surface area contributed by atoms with Gasteiger partial charge in [0.25, 0.3) is 0 Å². The molecule has 0 atom stereocenters. The minimum atomic E-state index is -1.08. The van der Waals surface area contributed by atoms with Crippen LogP contribution in [-0.4, -0.2) is 16.1 Å². The molecule has 0 aliphatic rings. The van der Waals surface area contributed by atoms with Crippen LogP contribution in [0.25, 0.3) is 0 Å². The molecule has 0 unspecified atom stereocenters. The van der Waals surface area contributed by atoms with Gasteiger partial charge in [0.15, 0.2) is 0 Å². The third-order valence-corrected chi connectivity index (χ3v) is 4.35. The van der Waals surface area contributed by atoms with E-state index in [1.54, 1.807) is 0 Å². The van der Waals surface area contributed by atoms with Gasteiger partial charge in [-0.25, -0.2) is 9.78 Å². The number of carboxylic acids is 1. The summed E-state index contributed by atoms with van der Waals surface area (Å²) in [7, 11) is 0. The Morgan fingerprint density at radius 2 is 1.90 bits per heavy atom. The molecular formula is C14H12BrClN2O2. The van der Waals surface area contributed by atoms with Gasteiger partial charge in [-0.2, -0.15) is 0 Å². The highest BCUT2D eigenvalue weighted by atomic mass is 79.9. The highest BCUT2D eigenvalue weighted by Gasteiger charge is 2.11. The van der Waals surface area contributed by atoms with Crippen molar-refractivity contribution in [2.75, 3.05) is 5.32 Å². The fraction of sp³-hybridized carbons (Fsp3) is 0.143. The smallest absolute Gasteiger partial charge is 0.337 e. The standard InChI is InChI=1S/C14H12BrClN2O2/c1-7-3-9(4-8(2)13(7)15)18-12-5-10(14(19)20)11(16)6-17-12/h3-6H,1-2H3,(H,17,18)(H,19,20). The Kier molecular flexibility index (Phi) is 4.30. The van der Waals surface area contributed by atoms with E-state index in [4.69, 9.17) is 16.7 Å². The maximum atomic E-state index is 11.0. The van der Waals surface area contributed by atoms with Crippen LogP contribution >= 0.6 is 27.5 Å². The van der Waals surface area contributed by atoms with Gasteiger partial charge in [0.05, 0.1) is 10.6 Å². The average molecular weight is 356 g/mol. The van der Waals surface area contributed by atoms with Crippen LogP contribution in [0.4, 0.5) is 11.5 Å². The Hall–Kier alpha value is -1.59. The third-order valence-electron chi connectivity index (χ3n) is 2.79. The third kappa shape index (κ3) is 3.11. The minimum absolute atomic E-state index is 0.0229. The van der Waals surface area contributed by atoms with Crippen LogP contribution in [0.2, 0.25) is 5.02 Å². The monoisotopic (exact) mass is 354 g/mol. The lowest BCUT2D eigenvalue weighted by atomic mass is 10.1. The normalized spacial score (nSPS) is 10.4. The number of anilines is 2. The molecule has 1 heterocycles. The number of aromatic carboxylic acids is 1. The van der Waals surface area contributed by atoms with Crippen molar-refractivity contribution in [2.24, 2.45) is 0 Å². The highest BCUT2D eigenvalue weighted by Crippen LogP contribution is 2.27. The summed E-state index contributed by atoms with van der Waals surface area (Å²) in [6.45, 7) is 3.97. The van der Waals surface area contributed by atoms with Crippen LogP contribution in [0.3, 0.4) is 0 Å². The van der Waals surface area contributed by atoms with Gasteiger partial charge in [-0.1, -0.05) is 27.5 Å². The largest absolute Gasteiger partial charge is 0.478 e. The summed E-state index contributed by atoms with van der Waals surface area (Å²) in [6, 6.07) is 5.32. The second-order valence-corrected chi connectivity index (χ2v) is 5.60. The number of halogens is 2. The number of nitrogens with one attached hydrogen (secondary N) is 1. The van der Waals surface area contributed by atoms with Gasteiger partial charge in [0.1, 0.15) is 5.82 Å². The lowest BCUT2D eigenvalue weighted by Crippen LogP contribution is -2.01. The van der Waals surface area contributed by atoms with Crippen LogP contribution < -0.4 is 5.32 Å². The van der Waals surface area contributed by atoms with Crippen molar-refractivity contribution in [1.82, 2.24) is 4.98 Å². The first-order valence-corrected chi connectivity index (χ1v) is 6.98. The second-order valence-electron chi connectivity index (χ2n) is 4.40. The molecule has 2 aromatic rings. The molecule has 2 rings (SSSR count). The van der Waals surface area contributed by atoms with E-state index in [0.29, 0.717) is 5.82 Å². The molecule has 0 radical (unpaired) electrons. The summed E-state index contributed by atoms with van der Waals surface area (Å²) in [6.07, 6.45) is 1.33. The number of nitrogens with zero attached hydrogens (tertiary/aromatic N) is 1. The molecule has 4 nitrogen and oxygen atoms in total. The zero-order chi connectivity index (χ0) is 14.9. The topological polar surface area (TPSA) is 62.2 Å². The number of pyridine rings is 1. The van der Waals surface area contributed by atoms with Crippen LogP contribution in [-0.2, 0) is 0 Å². The number of hydrogen-bond acceptors (Lipinski definition) is 3. The molecule has 0 amide bonds. The van der Waals surface area contributed by atoms with Crippen molar-refractivity contribution in [3.8, 4) is 0 Å². The number of aromatic nitrogens is 1. The summed E-state index contributed by atoms with van der Waals surface area (Å²) in [5.41, 5.74) is 3.03. The molecule has 1 aromatic carbocycles. The van der Waals surface area contributed by atoms with Gasteiger partial charge in [0.2, 0.25) is 0 Å². The summed E-state index contributed by atoms with van der Waals surface area (Å²) >= 11 is 9.29. The minimum Gasteiger partial charge on any atom is -0.478 e. The maximum absolute atomic E-state index is 11.0. The molecule has 0 fully saturated rings. The van der Waals surface area contributed by atoms with Crippen molar-refractivity contribution in [1.29, 1.82) is 0 Å². The molecule has 0 spiro atoms. The van der Waals surface area contributed by atoms with E-state index in [9.17, 15) is 4.79 Å². The number of hydrogen-bond donors (Lipinski definition) is 2. The highest BCUT2D eigenvalue weighted by molar-refractivity contribution is 9.10. The molecule has 0 saturated carbocycles. The summed E-state index contributed by atoms with van der Waals surface area (Å²) in [5, 5.41) is 12.2. The summed E-state index contributed by atoms with van der Waals surface area (Å²) < 4.78 is 1.05. The van der Waals surface area contributed by atoms with Crippen molar-refractivity contribution in [3.05, 3.63) is 50.6 Å². The number of aryl methyl sites for hydroxylation is 2. The van der Waals surface area contributed by atoms with E-state index in [2.05, 4.69) is 26.2 Å². The molecule has 0 bridgehead atoms. The van der Waals surface area contributed by atoms with Crippen molar-refractivity contribution < 1.29 is 9.90 Å². The number of carboxylic acid groups (broad SMARTS) is 1. The lowest BCUT2D eigenvalue weighted by molar-refractivity contribution is 0.0697. The molecular weight excluding hydrogens is 344 g/mol. The van der Waals surface area contributed by atoms with Gasteiger partial charge < -0.3 is 10.4 Å². The average Bonchev–Trinajstić information content (AvgIpc) is 2.38. The van der Waals surface area contributed by atoms with E-state index in [-0.39, 0.29) is 10.6 Å². The molecule has 104 valence electrons. The molecule has 0 aliphatic carbocycles. The van der Waals surface area contributed by atoms with Crippen molar-refractivity contribution in [3.63, 3.8) is 0 Å². The molecule has 1 aromatic heterocycles. The van der Waals surface area contributed by atoms with E-state index < -0.39 is 5.97 Å². The Labute approximate surface area is 129 Å². The Bertz CT molecular complexity index is 666. The first kappa shape index (κ1) is 14.8. The van der Waals surface area contributed by atoms with Crippen LogP contribution in [0.1, 0.15) is 21.5 Å². The van der Waals surface area contributed by atoms with Gasteiger partial charge in [-0.3, -0.25) is 0 Å². The Morgan fingerprint density at radius 3 is 2.45 bits per heavy atom. The Morgan fingerprint density at radius 1 is 1.30 bits per heavy atom. The van der Waals surface area contributed by atoms with Gasteiger partial charge >= 0.3 is 5.97 Å². The summed E-state index contributed by atoms with van der Waals surface area (Å²) in [4.78, 5) is 15.1. The van der Waals surface area contributed by atoms with E-state index in [0.717, 1.165) is 21.3 Å². The van der Waals surface area contributed by atoms with Gasteiger partial charge in [0, 0.05) is 16.4 Å². The second kappa shape index (κ2) is 5.81. The molecule has 0 saturated heterocycles. The van der Waals surface area contributed by atoms with Gasteiger partial charge in [-0.15, -0.1) is 0 Å². The maximum Gasteiger partial charge on any atom is 0.337 e. The fourth-order valence-electron chi connectivity index (χ4n) is 1.84. The molecule has 6 heteroatoms. The predicted molar refractivity (Wildman–Crippen MR) is 83.1 cm³/mol. The zero-order valence-corrected chi connectivity index (χ0v) is 13.2. The number of carbonyl (C=O) groups is 1. The Balaban J connectivity index is 2.35.